The molecule has 9 rings (SSSR count). The molecule has 1 saturated heterocycles. The van der Waals surface area contributed by atoms with E-state index in [-0.39, 0.29) is 27.2 Å². The van der Waals surface area contributed by atoms with Crippen LogP contribution < -0.4 is 0 Å². The fourth-order valence-corrected chi connectivity index (χ4v) is 15.5. The van der Waals surface area contributed by atoms with Crippen LogP contribution >= 0.6 is 23.5 Å². The molecular weight excluding hydrogens is 432 g/mol. The highest BCUT2D eigenvalue weighted by molar-refractivity contribution is 8.18. The summed E-state index contributed by atoms with van der Waals surface area (Å²) in [7, 11) is 2.76. The maximum absolute atomic E-state index is 14.3. The van der Waals surface area contributed by atoms with E-state index in [0.29, 0.717) is 46.5 Å². The van der Waals surface area contributed by atoms with E-state index < -0.39 is 17.4 Å². The number of rotatable bonds is 2. The molecule has 1 heterocycles. The molecule has 5 nitrogen and oxygen atoms in total. The van der Waals surface area contributed by atoms with Gasteiger partial charge < -0.3 is 9.47 Å². The van der Waals surface area contributed by atoms with Gasteiger partial charge in [-0.2, -0.15) is 0 Å². The van der Waals surface area contributed by atoms with E-state index in [1.807, 2.05) is 0 Å². The number of methoxy groups -OCH3 is 2. The fourth-order valence-electron chi connectivity index (χ4n) is 10.9. The zero-order valence-electron chi connectivity index (χ0n) is 17.5. The Kier molecular flexibility index (Phi) is 3.02. The highest BCUT2D eigenvalue weighted by atomic mass is 32.2. The van der Waals surface area contributed by atoms with Crippen molar-refractivity contribution in [2.75, 3.05) is 25.7 Å². The van der Waals surface area contributed by atoms with Gasteiger partial charge in [0.05, 0.1) is 34.9 Å². The van der Waals surface area contributed by atoms with Gasteiger partial charge in [-0.3, -0.25) is 4.79 Å². The number of thioether (sulfide) groups is 2. The van der Waals surface area contributed by atoms with Crippen LogP contribution in [0.5, 0.6) is 0 Å². The maximum atomic E-state index is 14.3. The number of esters is 2. The van der Waals surface area contributed by atoms with Gasteiger partial charge >= 0.3 is 11.9 Å². The molecule has 4 bridgehead atoms. The van der Waals surface area contributed by atoms with Gasteiger partial charge in [0, 0.05) is 23.2 Å². The fraction of sp³-hybridized carbons (Fsp3) is 0.708. The van der Waals surface area contributed by atoms with Crippen molar-refractivity contribution < 1.29 is 23.9 Å². The number of hydrogen-bond acceptors (Lipinski definition) is 7. The van der Waals surface area contributed by atoms with E-state index in [2.05, 4.69) is 35.7 Å². The molecule has 0 aromatic carbocycles. The molecule has 7 heteroatoms. The van der Waals surface area contributed by atoms with E-state index >= 15 is 0 Å². The van der Waals surface area contributed by atoms with Crippen molar-refractivity contribution in [3.05, 3.63) is 23.3 Å². The van der Waals surface area contributed by atoms with E-state index in [0.717, 1.165) is 11.5 Å². The quantitative estimate of drug-likeness (QED) is 0.467. The van der Waals surface area contributed by atoms with E-state index in [9.17, 15) is 14.4 Å². The van der Waals surface area contributed by atoms with Crippen LogP contribution in [0.3, 0.4) is 0 Å². The zero-order chi connectivity index (χ0) is 21.1. The molecule has 0 aromatic heterocycles. The summed E-state index contributed by atoms with van der Waals surface area (Å²) in [4.78, 5) is 40.6. The molecule has 0 aromatic rings. The van der Waals surface area contributed by atoms with Crippen LogP contribution in [-0.4, -0.2) is 47.5 Å². The molecule has 0 radical (unpaired) electrons. The van der Waals surface area contributed by atoms with Crippen molar-refractivity contribution >= 4 is 41.2 Å². The highest BCUT2D eigenvalue weighted by Gasteiger charge is 3.02. The summed E-state index contributed by atoms with van der Waals surface area (Å²) in [5, 5.41) is 0. The Morgan fingerprint density at radius 3 is 2.26 bits per heavy atom. The SMILES string of the molecule is COC(=O)C1=C(C(=O)OC)[C@@H]2C=C[C@H]1[C@]13C(=O)[C@@H]4[C@H]5C[C@H]6[C@H]4C4(SCCCS4)[C@]21[C@H]6[C@H]53. The Morgan fingerprint density at radius 1 is 0.935 bits per heavy atom. The van der Waals surface area contributed by atoms with Crippen molar-refractivity contribution in [2.45, 2.75) is 16.9 Å². The average molecular weight is 457 g/mol. The Labute approximate surface area is 189 Å². The van der Waals surface area contributed by atoms with Gasteiger partial charge in [-0.15, -0.1) is 23.5 Å². The Bertz CT molecular complexity index is 1070. The number of fused-ring (bicyclic) bond motifs is 2. The predicted octanol–water partition coefficient (Wildman–Crippen LogP) is 2.71. The van der Waals surface area contributed by atoms with Gasteiger partial charge in [-0.25, -0.2) is 9.59 Å². The lowest BCUT2D eigenvalue weighted by Crippen LogP contribution is -2.80. The van der Waals surface area contributed by atoms with Crippen molar-refractivity contribution in [3.8, 4) is 0 Å². The van der Waals surface area contributed by atoms with Crippen LogP contribution in [0.15, 0.2) is 23.3 Å². The van der Waals surface area contributed by atoms with Crippen LogP contribution in [0.1, 0.15) is 12.8 Å². The molecule has 0 amide bonds. The average Bonchev–Trinajstić information content (AvgIpc) is 3.35. The summed E-state index contributed by atoms with van der Waals surface area (Å²) in [5.74, 6) is 3.76. The second-order valence-electron chi connectivity index (χ2n) is 10.6. The van der Waals surface area contributed by atoms with Crippen LogP contribution in [0.2, 0.25) is 0 Å². The number of allylic oxidation sites excluding steroid dienone is 2. The molecule has 0 unspecified atom stereocenters. The first-order valence-electron chi connectivity index (χ1n) is 11.4. The Balaban J connectivity index is 1.48. The van der Waals surface area contributed by atoms with E-state index in [1.54, 1.807) is 0 Å². The number of ketones is 1. The first kappa shape index (κ1) is 18.2. The molecule has 0 N–H and O–H groups in total. The third kappa shape index (κ3) is 1.35. The second kappa shape index (κ2) is 5.14. The molecule has 1 aliphatic heterocycles. The van der Waals surface area contributed by atoms with Crippen molar-refractivity contribution in [1.82, 2.24) is 0 Å². The number of carbonyl (C=O) groups excluding carboxylic acids is 3. The number of Topliss-reactive ketones (excluding diaryl/α,β-unsaturated/α-hetero) is 1. The molecule has 5 saturated carbocycles. The standard InChI is InChI=1S/C24H24O5S2/c1-28-20(26)14-11-4-5-12(15(14)21(27)29-2)23-18-10-8-9-13(19(25)22(11,23)17(9)18)16(10)24(23)30-6-3-7-31-24/h4-5,9-13,16-18H,3,6-8H2,1-2H3/t9-,10+,11-,12+,13-,16-,17+,18-,22+,23+/m1/s1. The molecule has 162 valence electrons. The lowest BCUT2D eigenvalue weighted by molar-refractivity contribution is -0.222. The predicted molar refractivity (Wildman–Crippen MR) is 115 cm³/mol. The van der Waals surface area contributed by atoms with Crippen molar-refractivity contribution in [3.63, 3.8) is 0 Å². The minimum absolute atomic E-state index is 0.0183. The van der Waals surface area contributed by atoms with Crippen molar-refractivity contribution in [2.24, 2.45) is 58.2 Å². The Morgan fingerprint density at radius 2 is 1.58 bits per heavy atom. The summed E-state index contributed by atoms with van der Waals surface area (Å²) in [5.41, 5.74) is 0.119. The molecule has 3 spiro atoms. The van der Waals surface area contributed by atoms with E-state index in [1.165, 1.54) is 27.1 Å². The van der Waals surface area contributed by atoms with Crippen LogP contribution in [0, 0.1) is 58.2 Å². The largest absolute Gasteiger partial charge is 0.466 e. The summed E-state index contributed by atoms with van der Waals surface area (Å²) in [6, 6.07) is 0. The second-order valence-corrected chi connectivity index (χ2v) is 13.6. The maximum Gasteiger partial charge on any atom is 0.334 e. The molecule has 9 aliphatic rings. The lowest BCUT2D eigenvalue weighted by atomic mass is 9.28. The van der Waals surface area contributed by atoms with Gasteiger partial charge in [0.2, 0.25) is 0 Å². The van der Waals surface area contributed by atoms with Crippen LogP contribution in [0.25, 0.3) is 0 Å². The number of ether oxygens (including phenoxy) is 2. The third-order valence-corrected chi connectivity index (χ3v) is 14.5. The first-order chi connectivity index (χ1) is 15.0. The highest BCUT2D eigenvalue weighted by Crippen LogP contribution is 3.01. The summed E-state index contributed by atoms with van der Waals surface area (Å²) in [6.45, 7) is 0. The molecule has 10 atom stereocenters. The van der Waals surface area contributed by atoms with Gasteiger partial charge in [0.1, 0.15) is 5.78 Å². The van der Waals surface area contributed by atoms with Crippen LogP contribution in [0.4, 0.5) is 0 Å². The minimum Gasteiger partial charge on any atom is -0.466 e. The first-order valence-corrected chi connectivity index (χ1v) is 13.4. The molecule has 31 heavy (non-hydrogen) atoms. The van der Waals surface area contributed by atoms with E-state index in [4.69, 9.17) is 9.47 Å². The number of carbonyl (C=O) groups is 3. The van der Waals surface area contributed by atoms with Gasteiger partial charge in [-0.1, -0.05) is 12.2 Å². The molecule has 6 fully saturated rings. The summed E-state index contributed by atoms with van der Waals surface area (Å²) in [6.07, 6.45) is 6.62. The Hall–Kier alpha value is -1.21. The zero-order valence-corrected chi connectivity index (χ0v) is 19.1. The number of hydrogen-bond donors (Lipinski definition) is 0. The van der Waals surface area contributed by atoms with Crippen LogP contribution in [-0.2, 0) is 23.9 Å². The topological polar surface area (TPSA) is 69.7 Å². The lowest BCUT2D eigenvalue weighted by Gasteiger charge is -2.77. The molecule has 8 aliphatic carbocycles. The van der Waals surface area contributed by atoms with Gasteiger partial charge in [0.25, 0.3) is 0 Å². The smallest absolute Gasteiger partial charge is 0.334 e. The summed E-state index contributed by atoms with van der Waals surface area (Å²) >= 11 is 4.19. The van der Waals surface area contributed by atoms with Crippen molar-refractivity contribution in [1.29, 1.82) is 0 Å². The third-order valence-electron chi connectivity index (χ3n) is 10.7. The normalized spacial score (nSPS) is 54.6. The van der Waals surface area contributed by atoms with Gasteiger partial charge in [0.15, 0.2) is 0 Å². The monoisotopic (exact) mass is 456 g/mol. The van der Waals surface area contributed by atoms with Gasteiger partial charge in [-0.05, 0) is 53.9 Å². The summed E-state index contributed by atoms with van der Waals surface area (Å²) < 4.78 is 10.4. The minimum atomic E-state index is -0.521. The molecular formula is C24H24O5S2.